The van der Waals surface area contributed by atoms with E-state index in [1.165, 1.54) is 6.07 Å². The van der Waals surface area contributed by atoms with Gasteiger partial charge in [-0.3, -0.25) is 4.79 Å². The molecule has 0 aliphatic heterocycles. The first-order valence-corrected chi connectivity index (χ1v) is 5.38. The van der Waals surface area contributed by atoms with Crippen molar-refractivity contribution in [3.8, 4) is 5.88 Å². The summed E-state index contributed by atoms with van der Waals surface area (Å²) in [5.41, 5.74) is -0.168. The van der Waals surface area contributed by atoms with Crippen LogP contribution in [0.15, 0.2) is 10.9 Å². The van der Waals surface area contributed by atoms with E-state index in [4.69, 9.17) is 4.74 Å². The smallest absolute Gasteiger partial charge is 0.254 e. The summed E-state index contributed by atoms with van der Waals surface area (Å²) in [5, 5.41) is 0. The van der Waals surface area contributed by atoms with Gasteiger partial charge in [0.25, 0.3) is 5.56 Å². The quantitative estimate of drug-likeness (QED) is 0.806. The van der Waals surface area contributed by atoms with Gasteiger partial charge in [-0.05, 0) is 14.1 Å². The minimum Gasteiger partial charge on any atom is -0.476 e. The molecule has 1 rings (SSSR count). The molecule has 0 bridgehead atoms. The van der Waals surface area contributed by atoms with E-state index in [9.17, 15) is 4.79 Å². The first-order chi connectivity index (χ1) is 7.49. The van der Waals surface area contributed by atoms with Crippen LogP contribution in [0.1, 0.15) is 25.6 Å². The van der Waals surface area contributed by atoms with Crippen LogP contribution in [0.3, 0.4) is 0 Å². The number of nitrogens with one attached hydrogen (secondary N) is 1. The molecule has 0 spiro atoms. The van der Waals surface area contributed by atoms with Gasteiger partial charge in [0, 0.05) is 12.5 Å². The SMILES string of the molecule is CC(C)c1nc(OCCN(C)C)cc(=O)[nH]1. The van der Waals surface area contributed by atoms with Gasteiger partial charge in [-0.15, -0.1) is 0 Å². The number of nitrogens with zero attached hydrogens (tertiary/aromatic N) is 2. The van der Waals surface area contributed by atoms with Crippen LogP contribution in [0.5, 0.6) is 5.88 Å². The van der Waals surface area contributed by atoms with Crippen molar-refractivity contribution in [2.24, 2.45) is 0 Å². The maximum atomic E-state index is 11.3. The molecular formula is C11H19N3O2. The summed E-state index contributed by atoms with van der Waals surface area (Å²) in [7, 11) is 3.93. The van der Waals surface area contributed by atoms with E-state index >= 15 is 0 Å². The summed E-state index contributed by atoms with van der Waals surface area (Å²) < 4.78 is 5.42. The zero-order valence-corrected chi connectivity index (χ0v) is 10.3. The minimum absolute atomic E-state index is 0.168. The number of H-pyrrole nitrogens is 1. The van der Waals surface area contributed by atoms with Crippen molar-refractivity contribution in [3.63, 3.8) is 0 Å². The van der Waals surface area contributed by atoms with Gasteiger partial charge in [0.05, 0.1) is 6.07 Å². The molecule has 16 heavy (non-hydrogen) atoms. The Balaban J connectivity index is 2.69. The lowest BCUT2D eigenvalue weighted by Gasteiger charge is -2.11. The molecule has 0 saturated carbocycles. The molecule has 0 unspecified atom stereocenters. The molecule has 1 N–H and O–H groups in total. The van der Waals surface area contributed by atoms with E-state index < -0.39 is 0 Å². The maximum absolute atomic E-state index is 11.3. The number of hydrogen-bond donors (Lipinski definition) is 1. The number of likely N-dealkylation sites (N-methyl/N-ethyl adjacent to an activating group) is 1. The van der Waals surface area contributed by atoms with Crippen LogP contribution in [0.2, 0.25) is 0 Å². The number of aromatic amines is 1. The first-order valence-electron chi connectivity index (χ1n) is 5.38. The fourth-order valence-electron chi connectivity index (χ4n) is 1.13. The molecule has 0 radical (unpaired) electrons. The van der Waals surface area contributed by atoms with E-state index in [2.05, 4.69) is 9.97 Å². The lowest BCUT2D eigenvalue weighted by Crippen LogP contribution is -2.21. The van der Waals surface area contributed by atoms with Crippen molar-refractivity contribution in [2.75, 3.05) is 27.2 Å². The summed E-state index contributed by atoms with van der Waals surface area (Å²) >= 11 is 0. The highest BCUT2D eigenvalue weighted by Crippen LogP contribution is 2.10. The molecule has 0 amide bonds. The van der Waals surface area contributed by atoms with Crippen molar-refractivity contribution in [3.05, 3.63) is 22.2 Å². The van der Waals surface area contributed by atoms with Gasteiger partial charge < -0.3 is 14.6 Å². The summed E-state index contributed by atoms with van der Waals surface area (Å²) in [6.07, 6.45) is 0. The summed E-state index contributed by atoms with van der Waals surface area (Å²) in [5.74, 6) is 1.24. The molecule has 5 heteroatoms. The number of hydrogen-bond acceptors (Lipinski definition) is 4. The molecule has 1 aromatic rings. The van der Waals surface area contributed by atoms with Crippen molar-refractivity contribution in [2.45, 2.75) is 19.8 Å². The molecule has 1 heterocycles. The van der Waals surface area contributed by atoms with Gasteiger partial charge in [-0.1, -0.05) is 13.8 Å². The van der Waals surface area contributed by atoms with Crippen molar-refractivity contribution in [1.82, 2.24) is 14.9 Å². The largest absolute Gasteiger partial charge is 0.476 e. The van der Waals surface area contributed by atoms with E-state index in [1.807, 2.05) is 32.8 Å². The topological polar surface area (TPSA) is 58.2 Å². The molecule has 0 aliphatic rings. The molecule has 0 atom stereocenters. The monoisotopic (exact) mass is 225 g/mol. The Morgan fingerprint density at radius 3 is 2.75 bits per heavy atom. The third-order valence-corrected chi connectivity index (χ3v) is 2.07. The summed E-state index contributed by atoms with van der Waals surface area (Å²) in [4.78, 5) is 20.3. The zero-order chi connectivity index (χ0) is 12.1. The number of rotatable bonds is 5. The third-order valence-electron chi connectivity index (χ3n) is 2.07. The third kappa shape index (κ3) is 4.02. The Morgan fingerprint density at radius 2 is 2.19 bits per heavy atom. The highest BCUT2D eigenvalue weighted by atomic mass is 16.5. The second kappa shape index (κ2) is 5.65. The van der Waals surface area contributed by atoms with Gasteiger partial charge in [0.1, 0.15) is 12.4 Å². The predicted molar refractivity (Wildman–Crippen MR) is 63.0 cm³/mol. The van der Waals surface area contributed by atoms with E-state index in [-0.39, 0.29) is 11.5 Å². The standard InChI is InChI=1S/C11H19N3O2/c1-8(2)11-12-9(15)7-10(13-11)16-6-5-14(3)4/h7-8H,5-6H2,1-4H3,(H,12,13,15). The number of ether oxygens (including phenoxy) is 1. The van der Waals surface area contributed by atoms with Gasteiger partial charge in [-0.25, -0.2) is 0 Å². The normalized spacial score (nSPS) is 11.1. The van der Waals surface area contributed by atoms with Gasteiger partial charge in [0.2, 0.25) is 5.88 Å². The fourth-order valence-corrected chi connectivity index (χ4v) is 1.13. The molecule has 0 fully saturated rings. The van der Waals surface area contributed by atoms with Crippen molar-refractivity contribution < 1.29 is 4.74 Å². The van der Waals surface area contributed by atoms with Crippen LogP contribution in [0.4, 0.5) is 0 Å². The summed E-state index contributed by atoms with van der Waals surface area (Å²) in [6, 6.07) is 1.38. The second-order valence-electron chi connectivity index (χ2n) is 4.28. The Morgan fingerprint density at radius 1 is 1.50 bits per heavy atom. The Kier molecular flexibility index (Phi) is 4.49. The van der Waals surface area contributed by atoms with E-state index in [1.54, 1.807) is 0 Å². The van der Waals surface area contributed by atoms with Crippen molar-refractivity contribution >= 4 is 0 Å². The number of aromatic nitrogens is 2. The summed E-state index contributed by atoms with van der Waals surface area (Å²) in [6.45, 7) is 5.27. The Hall–Kier alpha value is -1.36. The highest BCUT2D eigenvalue weighted by Gasteiger charge is 2.05. The predicted octanol–water partition coefficient (Wildman–Crippen LogP) is 0.834. The van der Waals surface area contributed by atoms with Crippen LogP contribution in [-0.2, 0) is 0 Å². The lowest BCUT2D eigenvalue weighted by atomic mass is 10.2. The molecular weight excluding hydrogens is 206 g/mol. The Bertz CT molecular complexity index is 385. The maximum Gasteiger partial charge on any atom is 0.254 e. The zero-order valence-electron chi connectivity index (χ0n) is 10.3. The van der Waals surface area contributed by atoms with Gasteiger partial charge in [0.15, 0.2) is 0 Å². The second-order valence-corrected chi connectivity index (χ2v) is 4.28. The Labute approximate surface area is 95.5 Å². The van der Waals surface area contributed by atoms with Crippen LogP contribution < -0.4 is 10.3 Å². The van der Waals surface area contributed by atoms with Crippen LogP contribution in [-0.4, -0.2) is 42.1 Å². The van der Waals surface area contributed by atoms with Gasteiger partial charge in [-0.2, -0.15) is 4.98 Å². The van der Waals surface area contributed by atoms with E-state index in [0.717, 1.165) is 6.54 Å². The van der Waals surface area contributed by atoms with Crippen LogP contribution in [0.25, 0.3) is 0 Å². The van der Waals surface area contributed by atoms with Crippen molar-refractivity contribution in [1.29, 1.82) is 0 Å². The molecule has 1 aromatic heterocycles. The molecule has 0 aliphatic carbocycles. The average Bonchev–Trinajstić information content (AvgIpc) is 2.16. The van der Waals surface area contributed by atoms with E-state index in [0.29, 0.717) is 18.3 Å². The highest BCUT2D eigenvalue weighted by molar-refractivity contribution is 5.10. The average molecular weight is 225 g/mol. The minimum atomic E-state index is -0.168. The van der Waals surface area contributed by atoms with Crippen LogP contribution in [0, 0.1) is 0 Å². The molecule has 90 valence electrons. The fraction of sp³-hybridized carbons (Fsp3) is 0.636. The molecule has 0 aromatic carbocycles. The van der Waals surface area contributed by atoms with Crippen LogP contribution >= 0.6 is 0 Å². The lowest BCUT2D eigenvalue weighted by molar-refractivity contribution is 0.252. The van der Waals surface area contributed by atoms with Gasteiger partial charge >= 0.3 is 0 Å². The first kappa shape index (κ1) is 12.7. The molecule has 5 nitrogen and oxygen atoms in total. The molecule has 0 saturated heterocycles.